The molecule has 0 aromatic heterocycles. The third-order valence-electron chi connectivity index (χ3n) is 15.7. The van der Waals surface area contributed by atoms with E-state index in [1.54, 1.807) is 30.7 Å². The van der Waals surface area contributed by atoms with Crippen molar-refractivity contribution in [3.05, 3.63) is 129 Å². The van der Waals surface area contributed by atoms with Gasteiger partial charge in [0.25, 0.3) is 5.91 Å². The highest BCUT2D eigenvalue weighted by molar-refractivity contribution is 6.30. The highest BCUT2D eigenvalue weighted by Gasteiger charge is 2.33. The maximum atomic E-state index is 13.8. The smallest absolute Gasteiger partial charge is 0.263 e. The molecular formula is C61H79ClN8O6. The number of aryl methyl sites for hydroxylation is 2. The van der Waals surface area contributed by atoms with Gasteiger partial charge in [-0.3, -0.25) is 38.7 Å². The first-order valence-corrected chi connectivity index (χ1v) is 27.7. The second kappa shape index (κ2) is 27.1. The van der Waals surface area contributed by atoms with E-state index >= 15 is 0 Å². The molecule has 1 aliphatic carbocycles. The molecule has 2 heterocycles. The lowest BCUT2D eigenvalue weighted by Gasteiger charge is -2.39. The van der Waals surface area contributed by atoms with Gasteiger partial charge in [-0.05, 0) is 147 Å². The van der Waals surface area contributed by atoms with Gasteiger partial charge in [0.2, 0.25) is 18.2 Å². The van der Waals surface area contributed by atoms with Crippen molar-refractivity contribution in [2.24, 2.45) is 5.41 Å². The molecule has 14 nitrogen and oxygen atoms in total. The van der Waals surface area contributed by atoms with Gasteiger partial charge < -0.3 is 30.5 Å². The van der Waals surface area contributed by atoms with Crippen LogP contribution in [0.1, 0.15) is 122 Å². The number of likely N-dealkylation sites (N-methyl/N-ethyl adjacent to an activating group) is 1. The average molecular weight is 1060 g/mol. The minimum Gasteiger partial charge on any atom is -0.384 e. The molecule has 0 saturated carbocycles. The summed E-state index contributed by atoms with van der Waals surface area (Å²) in [4.78, 5) is 86.8. The molecular weight excluding hydrogens is 976 g/mol. The standard InChI is InChI=1S/C61H79ClN8O6/c1-7-50(26-29-66-30-36-69(37-31-66)56(73)14-9-28-64-54-12-8-11-43(2)57(54)60(76)70(42-72)55(13-10-38-71)59(75)63-6)65-53-24-19-47(39-44(53)3)58(74)46-17-22-51(23-18-46)68-34-32-67(33-35-68)41-48-40-61(4,5)27-25-52(48)45-15-20-49(62)21-16-45/h8,11-12,15-24,38-39,42,50,55,64-65H,7,9-10,13-14,25-37,40-41H2,1-6H3,(H,63,75). The molecule has 15 heteroatoms. The maximum absolute atomic E-state index is 13.8. The number of anilines is 3. The zero-order valence-corrected chi connectivity index (χ0v) is 46.4. The number of imide groups is 1. The molecule has 2 aliphatic heterocycles. The van der Waals surface area contributed by atoms with Crippen LogP contribution in [0.15, 0.2) is 90.5 Å². The Kier molecular flexibility index (Phi) is 20.5. The lowest BCUT2D eigenvalue weighted by atomic mass is 9.73. The van der Waals surface area contributed by atoms with E-state index in [-0.39, 0.29) is 36.1 Å². The van der Waals surface area contributed by atoms with Crippen molar-refractivity contribution in [1.82, 2.24) is 24.9 Å². The van der Waals surface area contributed by atoms with Crippen LogP contribution in [0.2, 0.25) is 5.02 Å². The van der Waals surface area contributed by atoms with Crippen LogP contribution in [0.25, 0.3) is 5.57 Å². The van der Waals surface area contributed by atoms with E-state index in [0.29, 0.717) is 73.0 Å². The number of hydrogen-bond acceptors (Lipinski definition) is 11. The monoisotopic (exact) mass is 1050 g/mol. The number of nitrogens with zero attached hydrogens (tertiary/aromatic N) is 5. The summed E-state index contributed by atoms with van der Waals surface area (Å²) >= 11 is 6.24. The molecule has 3 aliphatic rings. The molecule has 4 aromatic carbocycles. The van der Waals surface area contributed by atoms with Crippen molar-refractivity contribution in [3.8, 4) is 0 Å². The van der Waals surface area contributed by atoms with E-state index in [1.165, 1.54) is 24.6 Å². The fraction of sp³-hybridized carbons (Fsp3) is 0.475. The third kappa shape index (κ3) is 15.0. The number of ketones is 1. The highest BCUT2D eigenvalue weighted by Crippen LogP contribution is 2.43. The van der Waals surface area contributed by atoms with Crippen LogP contribution >= 0.6 is 11.6 Å². The van der Waals surface area contributed by atoms with Crippen molar-refractivity contribution in [3.63, 3.8) is 0 Å². The minimum absolute atomic E-state index is 0.0139. The Balaban J connectivity index is 0.825. The number of hydrogen-bond donors (Lipinski definition) is 3. The van der Waals surface area contributed by atoms with Crippen LogP contribution < -0.4 is 20.9 Å². The first-order valence-electron chi connectivity index (χ1n) is 27.3. The van der Waals surface area contributed by atoms with E-state index in [1.807, 2.05) is 47.4 Å². The van der Waals surface area contributed by atoms with Gasteiger partial charge in [0, 0.05) is 131 Å². The summed E-state index contributed by atoms with van der Waals surface area (Å²) in [7, 11) is 1.42. The number of piperazine rings is 2. The van der Waals surface area contributed by atoms with Crippen molar-refractivity contribution < 1.29 is 28.8 Å². The fourth-order valence-electron chi connectivity index (χ4n) is 11.0. The molecule has 0 radical (unpaired) electrons. The second-order valence-electron chi connectivity index (χ2n) is 21.6. The molecule has 0 bridgehead atoms. The van der Waals surface area contributed by atoms with Crippen molar-refractivity contribution in [2.45, 2.75) is 104 Å². The average Bonchev–Trinajstić information content (AvgIpc) is 3.42. The highest BCUT2D eigenvalue weighted by atomic mass is 35.5. The summed E-state index contributed by atoms with van der Waals surface area (Å²) in [6, 6.07) is 26.8. The largest absolute Gasteiger partial charge is 0.384 e. The number of nitrogens with one attached hydrogen (secondary N) is 3. The lowest BCUT2D eigenvalue weighted by molar-refractivity contribution is -0.133. The molecule has 2 saturated heterocycles. The maximum Gasteiger partial charge on any atom is 0.263 e. The number of aldehydes is 1. The Morgan fingerprint density at radius 1 is 0.803 bits per heavy atom. The predicted molar refractivity (Wildman–Crippen MR) is 305 cm³/mol. The lowest BCUT2D eigenvalue weighted by Crippen LogP contribution is -2.49. The molecule has 76 heavy (non-hydrogen) atoms. The van der Waals surface area contributed by atoms with E-state index in [2.05, 4.69) is 82.6 Å². The Hall–Kier alpha value is -6.35. The van der Waals surface area contributed by atoms with Gasteiger partial charge in [-0.2, -0.15) is 0 Å². The number of rotatable bonds is 24. The summed E-state index contributed by atoms with van der Waals surface area (Å²) in [5.74, 6) is -1.07. The summed E-state index contributed by atoms with van der Waals surface area (Å²) in [6.07, 6.45) is 7.20. The molecule has 2 atom stereocenters. The SMILES string of the molecule is CCC(CCN1CCN(C(=O)CCCNc2cccc(C)c2C(=O)N(C=O)C(CCC=O)C(=O)NC)CC1)Nc1ccc(C(=O)c2ccc(N3CCN(CC4=C(c5ccc(Cl)cc5)CCC(C)(C)C4)CC3)cc2)cc1C. The van der Waals surface area contributed by atoms with Gasteiger partial charge in [0.05, 0.1) is 5.56 Å². The molecule has 7 rings (SSSR count). The van der Waals surface area contributed by atoms with Crippen molar-refractivity contribution in [2.75, 3.05) is 94.6 Å². The first kappa shape index (κ1) is 57.4. The number of carbonyl (C=O) groups is 6. The Morgan fingerprint density at radius 3 is 2.16 bits per heavy atom. The van der Waals surface area contributed by atoms with E-state index in [9.17, 15) is 28.8 Å². The van der Waals surface area contributed by atoms with Crippen LogP contribution in [0.5, 0.6) is 0 Å². The van der Waals surface area contributed by atoms with Crippen LogP contribution in [0.4, 0.5) is 17.1 Å². The van der Waals surface area contributed by atoms with Crippen LogP contribution in [-0.4, -0.2) is 147 Å². The predicted octanol–water partition coefficient (Wildman–Crippen LogP) is 9.28. The van der Waals surface area contributed by atoms with Gasteiger partial charge in [-0.1, -0.05) is 62.2 Å². The van der Waals surface area contributed by atoms with Gasteiger partial charge in [-0.15, -0.1) is 0 Å². The number of carbonyl (C=O) groups excluding carboxylic acids is 6. The summed E-state index contributed by atoms with van der Waals surface area (Å²) in [5.41, 5.74) is 10.6. The zero-order valence-electron chi connectivity index (χ0n) is 45.6. The zero-order chi connectivity index (χ0) is 54.4. The topological polar surface area (TPSA) is 155 Å². The first-order chi connectivity index (χ1) is 36.6. The normalized spacial score (nSPS) is 16.9. The molecule has 4 amide bonds. The number of halogens is 1. The van der Waals surface area contributed by atoms with Gasteiger partial charge in [-0.25, -0.2) is 0 Å². The Morgan fingerprint density at radius 2 is 1.50 bits per heavy atom. The van der Waals surface area contributed by atoms with Gasteiger partial charge >= 0.3 is 0 Å². The van der Waals surface area contributed by atoms with Crippen molar-refractivity contribution >= 4 is 70.4 Å². The summed E-state index contributed by atoms with van der Waals surface area (Å²) < 4.78 is 0. The minimum atomic E-state index is -1.13. The third-order valence-corrected chi connectivity index (χ3v) is 15.9. The summed E-state index contributed by atoms with van der Waals surface area (Å²) in [5, 5.41) is 10.3. The van der Waals surface area contributed by atoms with E-state index < -0.39 is 17.9 Å². The molecule has 406 valence electrons. The molecule has 0 spiro atoms. The van der Waals surface area contributed by atoms with E-state index in [4.69, 9.17) is 11.6 Å². The molecule has 2 unspecified atom stereocenters. The van der Waals surface area contributed by atoms with Crippen LogP contribution in [0.3, 0.4) is 0 Å². The quantitative estimate of drug-likeness (QED) is 0.0350. The molecule has 4 aromatic rings. The summed E-state index contributed by atoms with van der Waals surface area (Å²) in [6.45, 7) is 19.9. The number of benzene rings is 4. The Bertz CT molecular complexity index is 2690. The Labute approximate surface area is 455 Å². The molecule has 3 N–H and O–H groups in total. The molecule has 2 fully saturated rings. The second-order valence-corrected chi connectivity index (χ2v) is 22.0. The fourth-order valence-corrected chi connectivity index (χ4v) is 11.1. The van der Waals surface area contributed by atoms with Crippen molar-refractivity contribution in [1.29, 1.82) is 0 Å². The van der Waals surface area contributed by atoms with Gasteiger partial charge in [0.15, 0.2) is 5.78 Å². The van der Waals surface area contributed by atoms with Gasteiger partial charge in [0.1, 0.15) is 12.3 Å². The number of allylic oxidation sites excluding steroid dienone is 1. The van der Waals surface area contributed by atoms with E-state index in [0.717, 1.165) is 105 Å². The van der Waals surface area contributed by atoms with Crippen LogP contribution in [-0.2, 0) is 19.2 Å². The number of amides is 4. The van der Waals surface area contributed by atoms with Crippen LogP contribution in [0, 0.1) is 19.3 Å².